The van der Waals surface area contributed by atoms with E-state index in [1.807, 2.05) is 57.2 Å². The first kappa shape index (κ1) is 25.8. The number of aromatic nitrogens is 3. The summed E-state index contributed by atoms with van der Waals surface area (Å²) in [5.74, 6) is -0.439. The number of hydrogen-bond donors (Lipinski definition) is 1. The highest BCUT2D eigenvalue weighted by molar-refractivity contribution is 7.91. The SMILES string of the molecule is Cc1ncccc1-c1ccc(S(=O)(=O)c2c(O)n([C@H]3CCc4ccccc43)c(COC(C)C)nc2=O)cc1. The Morgan fingerprint density at radius 2 is 1.82 bits per heavy atom. The van der Waals surface area contributed by atoms with Crippen LogP contribution in [0.4, 0.5) is 0 Å². The lowest BCUT2D eigenvalue weighted by atomic mass is 10.1. The predicted octanol–water partition coefficient (Wildman–Crippen LogP) is 4.61. The zero-order chi connectivity index (χ0) is 27.0. The van der Waals surface area contributed by atoms with Crippen LogP contribution in [-0.4, -0.2) is 34.2 Å². The van der Waals surface area contributed by atoms with Gasteiger partial charge in [0.1, 0.15) is 12.4 Å². The van der Waals surface area contributed by atoms with Gasteiger partial charge in [0.05, 0.1) is 17.0 Å². The third-order valence-electron chi connectivity index (χ3n) is 6.84. The molecule has 0 amide bonds. The van der Waals surface area contributed by atoms with Crippen LogP contribution >= 0.6 is 0 Å². The number of nitrogens with zero attached hydrogens (tertiary/aromatic N) is 3. The molecule has 0 saturated carbocycles. The van der Waals surface area contributed by atoms with Gasteiger partial charge in [-0.2, -0.15) is 4.98 Å². The average Bonchev–Trinajstić information content (AvgIpc) is 3.31. The van der Waals surface area contributed by atoms with Gasteiger partial charge in [0, 0.05) is 17.5 Å². The van der Waals surface area contributed by atoms with Gasteiger partial charge in [-0.3, -0.25) is 14.3 Å². The van der Waals surface area contributed by atoms with Crippen LogP contribution in [0.1, 0.15) is 49.0 Å². The van der Waals surface area contributed by atoms with E-state index in [0.717, 1.165) is 34.4 Å². The molecule has 0 aliphatic heterocycles. The van der Waals surface area contributed by atoms with Gasteiger partial charge in [0.2, 0.25) is 15.7 Å². The third kappa shape index (κ3) is 4.63. The summed E-state index contributed by atoms with van der Waals surface area (Å²) < 4.78 is 34.6. The maximum atomic E-state index is 13.7. The van der Waals surface area contributed by atoms with Crippen molar-refractivity contribution in [1.82, 2.24) is 14.5 Å². The van der Waals surface area contributed by atoms with Gasteiger partial charge in [0.25, 0.3) is 5.56 Å². The molecule has 9 heteroatoms. The van der Waals surface area contributed by atoms with E-state index in [1.54, 1.807) is 18.3 Å². The summed E-state index contributed by atoms with van der Waals surface area (Å²) in [5.41, 5.74) is 3.52. The topological polar surface area (TPSA) is 111 Å². The Kier molecular flexibility index (Phi) is 6.90. The van der Waals surface area contributed by atoms with Crippen molar-refractivity contribution < 1.29 is 18.3 Å². The zero-order valence-electron chi connectivity index (χ0n) is 21.5. The highest BCUT2D eigenvalue weighted by atomic mass is 32.2. The lowest BCUT2D eigenvalue weighted by molar-refractivity contribution is 0.0571. The van der Waals surface area contributed by atoms with Crippen LogP contribution in [-0.2, 0) is 27.6 Å². The second-order valence-electron chi connectivity index (χ2n) is 9.63. The van der Waals surface area contributed by atoms with Gasteiger partial charge in [-0.05, 0) is 68.5 Å². The summed E-state index contributed by atoms with van der Waals surface area (Å²) >= 11 is 0. The van der Waals surface area contributed by atoms with Crippen molar-refractivity contribution in [1.29, 1.82) is 0 Å². The Labute approximate surface area is 221 Å². The lowest BCUT2D eigenvalue weighted by Crippen LogP contribution is -2.27. The number of benzene rings is 2. The lowest BCUT2D eigenvalue weighted by Gasteiger charge is -2.23. The Morgan fingerprint density at radius 3 is 2.53 bits per heavy atom. The minimum Gasteiger partial charge on any atom is -0.493 e. The molecular formula is C29H29N3O5S. The van der Waals surface area contributed by atoms with Gasteiger partial charge in [-0.1, -0.05) is 42.5 Å². The molecule has 2 aromatic carbocycles. The fourth-order valence-corrected chi connectivity index (χ4v) is 6.32. The molecule has 0 bridgehead atoms. The van der Waals surface area contributed by atoms with Gasteiger partial charge in [-0.15, -0.1) is 0 Å². The van der Waals surface area contributed by atoms with Crippen molar-refractivity contribution in [2.24, 2.45) is 0 Å². The van der Waals surface area contributed by atoms with Crippen molar-refractivity contribution in [3.63, 3.8) is 0 Å². The van der Waals surface area contributed by atoms with Gasteiger partial charge in [0.15, 0.2) is 4.90 Å². The molecule has 1 atom stereocenters. The Hall–Kier alpha value is -3.82. The monoisotopic (exact) mass is 531 g/mol. The van der Waals surface area contributed by atoms with E-state index in [1.165, 1.54) is 16.7 Å². The van der Waals surface area contributed by atoms with Crippen LogP contribution in [0.25, 0.3) is 11.1 Å². The number of ether oxygens (including phenoxy) is 1. The third-order valence-corrected chi connectivity index (χ3v) is 8.63. The Bertz CT molecular complexity index is 1660. The summed E-state index contributed by atoms with van der Waals surface area (Å²) in [6.45, 7) is 5.53. The highest BCUT2D eigenvalue weighted by Gasteiger charge is 2.34. The summed E-state index contributed by atoms with van der Waals surface area (Å²) in [6, 6.07) is 17.3. The number of fused-ring (bicyclic) bond motifs is 1. The molecule has 0 saturated heterocycles. The van der Waals surface area contributed by atoms with E-state index in [-0.39, 0.29) is 29.5 Å². The standard InChI is InChI=1S/C29H29N3O5S/c1-18(2)37-17-26-31-28(33)27(29(34)32(26)25-15-12-20-7-4-5-8-24(20)25)38(35,36)22-13-10-21(11-14-22)23-9-6-16-30-19(23)3/h4-11,13-14,16,18,25,34H,12,15,17H2,1-3H3/t25-/m0/s1. The smallest absolute Gasteiger partial charge is 0.296 e. The fraction of sp³-hybridized carbons (Fsp3) is 0.276. The van der Waals surface area contributed by atoms with Crippen molar-refractivity contribution in [2.75, 3.05) is 0 Å². The van der Waals surface area contributed by atoms with Crippen molar-refractivity contribution in [3.8, 4) is 17.0 Å². The molecule has 0 spiro atoms. The molecule has 38 heavy (non-hydrogen) atoms. The maximum absolute atomic E-state index is 13.7. The van der Waals surface area contributed by atoms with Crippen LogP contribution in [0, 0.1) is 6.92 Å². The molecule has 0 radical (unpaired) electrons. The predicted molar refractivity (Wildman–Crippen MR) is 143 cm³/mol. The molecule has 0 unspecified atom stereocenters. The number of hydrogen-bond acceptors (Lipinski definition) is 7. The Morgan fingerprint density at radius 1 is 1.08 bits per heavy atom. The zero-order valence-corrected chi connectivity index (χ0v) is 22.3. The van der Waals surface area contributed by atoms with Crippen LogP contribution in [0.5, 0.6) is 5.88 Å². The average molecular weight is 532 g/mol. The molecule has 5 rings (SSSR count). The first-order chi connectivity index (χ1) is 18.2. The van der Waals surface area contributed by atoms with E-state index in [9.17, 15) is 18.3 Å². The molecular weight excluding hydrogens is 502 g/mol. The molecule has 4 aromatic rings. The van der Waals surface area contributed by atoms with E-state index in [2.05, 4.69) is 9.97 Å². The largest absolute Gasteiger partial charge is 0.493 e. The van der Waals surface area contributed by atoms with Gasteiger partial charge in [-0.25, -0.2) is 8.42 Å². The molecule has 2 heterocycles. The fourth-order valence-electron chi connectivity index (χ4n) is 4.98. The van der Waals surface area contributed by atoms with Crippen molar-refractivity contribution in [3.05, 3.63) is 99.9 Å². The van der Waals surface area contributed by atoms with E-state index >= 15 is 0 Å². The highest BCUT2D eigenvalue weighted by Crippen LogP contribution is 2.39. The maximum Gasteiger partial charge on any atom is 0.296 e. The van der Waals surface area contributed by atoms with E-state index in [4.69, 9.17) is 4.74 Å². The number of aryl methyl sites for hydroxylation is 2. The molecule has 1 aliphatic rings. The van der Waals surface area contributed by atoms with E-state index in [0.29, 0.717) is 6.42 Å². The number of sulfone groups is 1. The molecule has 1 aliphatic carbocycles. The van der Waals surface area contributed by atoms with Crippen LogP contribution < -0.4 is 5.56 Å². The summed E-state index contributed by atoms with van der Waals surface area (Å²) in [7, 11) is -4.39. The normalized spacial score (nSPS) is 15.1. The van der Waals surface area contributed by atoms with Crippen LogP contribution in [0.3, 0.4) is 0 Å². The summed E-state index contributed by atoms with van der Waals surface area (Å²) in [4.78, 5) is 20.7. The number of aromatic hydroxyl groups is 1. The first-order valence-electron chi connectivity index (χ1n) is 12.5. The van der Waals surface area contributed by atoms with Gasteiger partial charge < -0.3 is 9.84 Å². The quantitative estimate of drug-likeness (QED) is 0.371. The van der Waals surface area contributed by atoms with Crippen molar-refractivity contribution >= 4 is 9.84 Å². The second kappa shape index (κ2) is 10.2. The molecule has 1 N–H and O–H groups in total. The Balaban J connectivity index is 1.63. The molecule has 2 aromatic heterocycles. The molecule has 0 fully saturated rings. The minimum atomic E-state index is -4.39. The molecule has 8 nitrogen and oxygen atoms in total. The second-order valence-corrected chi connectivity index (χ2v) is 11.5. The summed E-state index contributed by atoms with van der Waals surface area (Å²) in [5, 5.41) is 11.4. The summed E-state index contributed by atoms with van der Waals surface area (Å²) in [6.07, 6.45) is 2.93. The van der Waals surface area contributed by atoms with Crippen molar-refractivity contribution in [2.45, 2.75) is 62.2 Å². The van der Waals surface area contributed by atoms with Gasteiger partial charge >= 0.3 is 0 Å². The number of pyridine rings is 1. The van der Waals surface area contributed by atoms with E-state index < -0.39 is 26.2 Å². The van der Waals surface area contributed by atoms with Crippen LogP contribution in [0.2, 0.25) is 0 Å². The number of rotatable bonds is 7. The first-order valence-corrected chi connectivity index (χ1v) is 14.0. The van der Waals surface area contributed by atoms with Crippen LogP contribution in [0.15, 0.2) is 81.4 Å². The minimum absolute atomic E-state index is 0.0430. The molecule has 196 valence electrons.